The number of hydrogen-bond acceptors (Lipinski definition) is 4. The van der Waals surface area contributed by atoms with Gasteiger partial charge < -0.3 is 10.2 Å². The molecule has 0 aliphatic rings. The van der Waals surface area contributed by atoms with Crippen LogP contribution < -0.4 is 9.62 Å². The lowest BCUT2D eigenvalue weighted by atomic mass is 10.1. The minimum Gasteiger partial charge on any atom is -0.357 e. The first-order valence-electron chi connectivity index (χ1n) is 11.0. The molecule has 0 bridgehead atoms. The minimum atomic E-state index is -3.67. The van der Waals surface area contributed by atoms with Crippen molar-refractivity contribution in [3.63, 3.8) is 0 Å². The fourth-order valence-electron chi connectivity index (χ4n) is 3.75. The summed E-state index contributed by atoms with van der Waals surface area (Å²) >= 11 is 12.3. The van der Waals surface area contributed by atoms with Crippen LogP contribution in [0, 0.1) is 6.92 Å². The van der Waals surface area contributed by atoms with E-state index in [0.717, 1.165) is 21.7 Å². The van der Waals surface area contributed by atoms with Gasteiger partial charge in [0.25, 0.3) is 0 Å². The summed E-state index contributed by atoms with van der Waals surface area (Å²) in [4.78, 5) is 27.3. The van der Waals surface area contributed by atoms with Crippen molar-refractivity contribution in [2.75, 3.05) is 24.2 Å². The fourth-order valence-corrected chi connectivity index (χ4v) is 5.16. The molecule has 1 N–H and O–H groups in total. The van der Waals surface area contributed by atoms with E-state index in [9.17, 15) is 18.0 Å². The van der Waals surface area contributed by atoms with E-state index < -0.39 is 16.1 Å². The first kappa shape index (κ1) is 28.0. The quantitative estimate of drug-likeness (QED) is 0.469. The molecule has 0 aliphatic carbocycles. The molecule has 0 aliphatic heterocycles. The highest BCUT2D eigenvalue weighted by atomic mass is 35.5. The predicted molar refractivity (Wildman–Crippen MR) is 138 cm³/mol. The Labute approximate surface area is 212 Å². The van der Waals surface area contributed by atoms with E-state index >= 15 is 0 Å². The molecule has 2 aromatic rings. The Kier molecular flexibility index (Phi) is 10.2. The predicted octanol–water partition coefficient (Wildman–Crippen LogP) is 4.40. The third-order valence-electron chi connectivity index (χ3n) is 5.40. The lowest BCUT2D eigenvalue weighted by molar-refractivity contribution is -0.141. The molecule has 0 spiro atoms. The van der Waals surface area contributed by atoms with Gasteiger partial charge in [-0.25, -0.2) is 8.42 Å². The lowest BCUT2D eigenvalue weighted by Crippen LogP contribution is -2.48. The van der Waals surface area contributed by atoms with E-state index in [1.807, 2.05) is 38.1 Å². The number of carbonyl (C=O) groups excluding carboxylic acids is 2. The Bertz CT molecular complexity index is 1120. The topological polar surface area (TPSA) is 86.8 Å². The summed E-state index contributed by atoms with van der Waals surface area (Å²) in [5.74, 6) is -0.477. The van der Waals surface area contributed by atoms with Crippen molar-refractivity contribution in [1.82, 2.24) is 10.2 Å². The number of nitrogens with zero attached hydrogens (tertiary/aromatic N) is 2. The molecule has 0 fully saturated rings. The molecule has 7 nitrogen and oxygen atoms in total. The highest BCUT2D eigenvalue weighted by molar-refractivity contribution is 7.92. The highest BCUT2D eigenvalue weighted by Gasteiger charge is 2.28. The Hall–Kier alpha value is -2.29. The van der Waals surface area contributed by atoms with Crippen LogP contribution in [0.3, 0.4) is 0 Å². The highest BCUT2D eigenvalue weighted by Crippen LogP contribution is 2.31. The second kappa shape index (κ2) is 12.4. The molecule has 0 saturated heterocycles. The number of rotatable bonds is 11. The largest absolute Gasteiger partial charge is 0.357 e. The van der Waals surface area contributed by atoms with E-state index in [1.165, 1.54) is 12.1 Å². The molecular formula is C24H31Cl2N3O4S. The van der Waals surface area contributed by atoms with Gasteiger partial charge in [-0.15, -0.1) is 0 Å². The maximum Gasteiger partial charge on any atom is 0.242 e. The van der Waals surface area contributed by atoms with Gasteiger partial charge in [-0.2, -0.15) is 0 Å². The number of sulfonamides is 1. The number of anilines is 1. The lowest BCUT2D eigenvalue weighted by Gasteiger charge is -2.31. The SMILES string of the molecule is CCC(C(=O)NC)N(Cc1cccc(C)c1)C(=O)CCCN(c1cc(Cl)ccc1Cl)S(C)(=O)=O. The smallest absolute Gasteiger partial charge is 0.242 e. The van der Waals surface area contributed by atoms with Crippen molar-refractivity contribution in [3.8, 4) is 0 Å². The molecule has 10 heteroatoms. The molecule has 2 aromatic carbocycles. The second-order valence-corrected chi connectivity index (χ2v) is 10.8. The van der Waals surface area contributed by atoms with Crippen LogP contribution in [0.4, 0.5) is 5.69 Å². The minimum absolute atomic E-state index is 0.0414. The first-order valence-corrected chi connectivity index (χ1v) is 13.6. The van der Waals surface area contributed by atoms with Crippen molar-refractivity contribution < 1.29 is 18.0 Å². The molecule has 0 heterocycles. The van der Waals surface area contributed by atoms with Gasteiger partial charge in [-0.3, -0.25) is 13.9 Å². The van der Waals surface area contributed by atoms with Crippen LogP contribution in [0.5, 0.6) is 0 Å². The van der Waals surface area contributed by atoms with Crippen molar-refractivity contribution in [2.24, 2.45) is 0 Å². The summed E-state index contributed by atoms with van der Waals surface area (Å²) in [5.41, 5.74) is 2.23. The van der Waals surface area contributed by atoms with Gasteiger partial charge in [0, 0.05) is 31.6 Å². The van der Waals surface area contributed by atoms with Crippen LogP contribution in [0.1, 0.15) is 37.3 Å². The number of halogens is 2. The normalized spacial score (nSPS) is 12.2. The molecule has 1 atom stereocenters. The molecule has 0 radical (unpaired) electrons. The van der Waals surface area contributed by atoms with Crippen LogP contribution in [0.2, 0.25) is 10.0 Å². The maximum absolute atomic E-state index is 13.3. The summed E-state index contributed by atoms with van der Waals surface area (Å²) in [6, 6.07) is 11.7. The summed E-state index contributed by atoms with van der Waals surface area (Å²) in [6.45, 7) is 4.14. The Morgan fingerprint density at radius 1 is 1.12 bits per heavy atom. The third-order valence-corrected chi connectivity index (χ3v) is 7.13. The Morgan fingerprint density at radius 2 is 1.82 bits per heavy atom. The number of carbonyl (C=O) groups is 2. The average Bonchev–Trinajstić information content (AvgIpc) is 2.77. The zero-order valence-electron chi connectivity index (χ0n) is 19.8. The zero-order valence-corrected chi connectivity index (χ0v) is 22.2. The number of benzene rings is 2. The van der Waals surface area contributed by atoms with Crippen LogP contribution in [0.15, 0.2) is 42.5 Å². The van der Waals surface area contributed by atoms with Gasteiger partial charge in [0.05, 0.1) is 17.0 Å². The van der Waals surface area contributed by atoms with Crippen molar-refractivity contribution in [3.05, 3.63) is 63.6 Å². The van der Waals surface area contributed by atoms with Crippen LogP contribution >= 0.6 is 23.2 Å². The summed E-state index contributed by atoms with van der Waals surface area (Å²) in [6.07, 6.45) is 1.83. The Balaban J connectivity index is 2.22. The standard InChI is InChI=1S/C24H31Cl2N3O4S/c1-5-21(24(31)27-3)28(16-18-9-6-8-17(2)14-18)23(30)10-7-13-29(34(4,32)33)22-15-19(25)11-12-20(22)26/h6,8-9,11-12,14-15,21H,5,7,10,13,16H2,1-4H3,(H,27,31). The van der Waals surface area contributed by atoms with Crippen LogP contribution in [-0.2, 0) is 26.2 Å². The van der Waals surface area contributed by atoms with E-state index in [-0.39, 0.29) is 48.5 Å². The number of hydrogen-bond donors (Lipinski definition) is 1. The average molecular weight is 529 g/mol. The molecular weight excluding hydrogens is 497 g/mol. The van der Waals surface area contributed by atoms with E-state index in [1.54, 1.807) is 18.0 Å². The molecule has 2 amide bonds. The fraction of sp³-hybridized carbons (Fsp3) is 0.417. The van der Waals surface area contributed by atoms with Gasteiger partial charge >= 0.3 is 0 Å². The Morgan fingerprint density at radius 3 is 2.41 bits per heavy atom. The van der Waals surface area contributed by atoms with Crippen molar-refractivity contribution in [1.29, 1.82) is 0 Å². The van der Waals surface area contributed by atoms with Gasteiger partial charge in [0.15, 0.2) is 0 Å². The first-order chi connectivity index (χ1) is 16.0. The molecule has 1 unspecified atom stereocenters. The van der Waals surface area contributed by atoms with Crippen LogP contribution in [0.25, 0.3) is 0 Å². The molecule has 186 valence electrons. The monoisotopic (exact) mass is 527 g/mol. The summed E-state index contributed by atoms with van der Waals surface area (Å²) in [5, 5.41) is 3.22. The van der Waals surface area contributed by atoms with Crippen molar-refractivity contribution >= 4 is 50.7 Å². The number of amides is 2. The summed E-state index contributed by atoms with van der Waals surface area (Å²) < 4.78 is 26.0. The molecule has 0 saturated carbocycles. The number of nitrogens with one attached hydrogen (secondary N) is 1. The summed E-state index contributed by atoms with van der Waals surface area (Å²) in [7, 11) is -2.13. The van der Waals surface area contributed by atoms with Gasteiger partial charge in [-0.05, 0) is 43.5 Å². The maximum atomic E-state index is 13.3. The number of likely N-dealkylation sites (N-methyl/N-ethyl adjacent to an activating group) is 1. The zero-order chi connectivity index (χ0) is 25.5. The van der Waals surface area contributed by atoms with Gasteiger partial charge in [-0.1, -0.05) is 60.0 Å². The molecule has 2 rings (SSSR count). The van der Waals surface area contributed by atoms with Gasteiger partial charge in [0.1, 0.15) is 6.04 Å². The van der Waals surface area contributed by atoms with Crippen LogP contribution in [-0.4, -0.2) is 51.0 Å². The molecule has 0 aromatic heterocycles. The third kappa shape index (κ3) is 7.61. The van der Waals surface area contributed by atoms with E-state index in [4.69, 9.17) is 23.2 Å². The molecule has 34 heavy (non-hydrogen) atoms. The van der Waals surface area contributed by atoms with E-state index in [2.05, 4.69) is 5.32 Å². The van der Waals surface area contributed by atoms with Gasteiger partial charge in [0.2, 0.25) is 21.8 Å². The second-order valence-electron chi connectivity index (χ2n) is 8.08. The van der Waals surface area contributed by atoms with Crippen molar-refractivity contribution in [2.45, 2.75) is 45.7 Å². The van der Waals surface area contributed by atoms with E-state index in [0.29, 0.717) is 11.4 Å². The number of aryl methyl sites for hydroxylation is 1.